The summed E-state index contributed by atoms with van der Waals surface area (Å²) >= 11 is 1.92. The van der Waals surface area contributed by atoms with Gasteiger partial charge in [-0.15, -0.1) is 0 Å². The fourth-order valence-electron chi connectivity index (χ4n) is 2.00. The number of hydrogen-bond acceptors (Lipinski definition) is 3. The fourth-order valence-corrected chi connectivity index (χ4v) is 4.30. The van der Waals surface area contributed by atoms with E-state index in [2.05, 4.69) is 0 Å². The van der Waals surface area contributed by atoms with Crippen LogP contribution in [-0.2, 0) is 21.2 Å². The third-order valence-electron chi connectivity index (χ3n) is 3.28. The highest BCUT2D eigenvalue weighted by Gasteiger charge is 2.20. The van der Waals surface area contributed by atoms with E-state index in [-0.39, 0.29) is 16.5 Å². The number of rotatable bonds is 4. The second kappa shape index (κ2) is 6.25. The average molecular weight is 434 g/mol. The second-order valence-electron chi connectivity index (χ2n) is 5.58. The Hall–Kier alpha value is -0.990. The van der Waals surface area contributed by atoms with Crippen LogP contribution in [0.25, 0.3) is 0 Å². The molecule has 118 valence electrons. The van der Waals surface area contributed by atoms with Crippen molar-refractivity contribution < 1.29 is 17.9 Å². The summed E-state index contributed by atoms with van der Waals surface area (Å²) in [7, 11) is -3.52. The van der Waals surface area contributed by atoms with E-state index in [0.29, 0.717) is 14.7 Å². The van der Waals surface area contributed by atoms with E-state index in [0.717, 1.165) is 0 Å². The molecular formula is C16H16FIO3S. The summed E-state index contributed by atoms with van der Waals surface area (Å²) in [6.45, 7) is 3.27. The van der Waals surface area contributed by atoms with Crippen molar-refractivity contribution in [3.05, 3.63) is 63.0 Å². The van der Waals surface area contributed by atoms with E-state index in [1.54, 1.807) is 26.0 Å². The SMILES string of the molecule is CC(C)(O)c1ccc(S(=O)(=O)Cc2ccc(F)cc2I)cc1. The van der Waals surface area contributed by atoms with Crippen molar-refractivity contribution in [1.82, 2.24) is 0 Å². The lowest BCUT2D eigenvalue weighted by Gasteiger charge is -2.18. The molecule has 0 bridgehead atoms. The Bertz CT molecular complexity index is 778. The Labute approximate surface area is 143 Å². The van der Waals surface area contributed by atoms with Crippen LogP contribution in [-0.4, -0.2) is 13.5 Å². The highest BCUT2D eigenvalue weighted by molar-refractivity contribution is 14.1. The average Bonchev–Trinajstić information content (AvgIpc) is 2.41. The van der Waals surface area contributed by atoms with Crippen LogP contribution in [0.5, 0.6) is 0 Å². The largest absolute Gasteiger partial charge is 0.386 e. The van der Waals surface area contributed by atoms with Crippen LogP contribution in [0.4, 0.5) is 4.39 Å². The van der Waals surface area contributed by atoms with E-state index < -0.39 is 15.4 Å². The van der Waals surface area contributed by atoms with Crippen molar-refractivity contribution in [3.63, 3.8) is 0 Å². The molecule has 2 rings (SSSR count). The van der Waals surface area contributed by atoms with Gasteiger partial charge < -0.3 is 5.11 Å². The van der Waals surface area contributed by atoms with Crippen LogP contribution >= 0.6 is 22.6 Å². The van der Waals surface area contributed by atoms with Gasteiger partial charge in [0.2, 0.25) is 0 Å². The van der Waals surface area contributed by atoms with Crippen LogP contribution in [0.2, 0.25) is 0 Å². The maximum atomic E-state index is 13.1. The minimum absolute atomic E-state index is 0.181. The van der Waals surface area contributed by atoms with Crippen molar-refractivity contribution >= 4 is 32.4 Å². The van der Waals surface area contributed by atoms with E-state index in [1.807, 2.05) is 22.6 Å². The van der Waals surface area contributed by atoms with Crippen molar-refractivity contribution in [2.75, 3.05) is 0 Å². The Morgan fingerprint density at radius 1 is 1.14 bits per heavy atom. The molecule has 0 saturated carbocycles. The van der Waals surface area contributed by atoms with Crippen molar-refractivity contribution in [1.29, 1.82) is 0 Å². The maximum Gasteiger partial charge on any atom is 0.182 e. The Morgan fingerprint density at radius 2 is 1.73 bits per heavy atom. The van der Waals surface area contributed by atoms with Gasteiger partial charge in [0.05, 0.1) is 16.2 Å². The molecule has 3 nitrogen and oxygen atoms in total. The summed E-state index contributed by atoms with van der Waals surface area (Å²) in [5.41, 5.74) is 0.186. The van der Waals surface area contributed by atoms with Crippen molar-refractivity contribution in [2.45, 2.75) is 30.1 Å². The van der Waals surface area contributed by atoms with Gasteiger partial charge in [-0.25, -0.2) is 12.8 Å². The highest BCUT2D eigenvalue weighted by Crippen LogP contribution is 2.24. The molecule has 2 aromatic carbocycles. The number of halogens is 2. The Kier molecular flexibility index (Phi) is 4.93. The highest BCUT2D eigenvalue weighted by atomic mass is 127. The number of sulfone groups is 1. The van der Waals surface area contributed by atoms with E-state index in [1.165, 1.54) is 30.3 Å². The van der Waals surface area contributed by atoms with Crippen LogP contribution < -0.4 is 0 Å². The summed E-state index contributed by atoms with van der Waals surface area (Å²) in [6.07, 6.45) is 0. The van der Waals surface area contributed by atoms with Gasteiger partial charge in [0, 0.05) is 3.57 Å². The maximum absolute atomic E-state index is 13.1. The van der Waals surface area contributed by atoms with Crippen LogP contribution in [0.1, 0.15) is 25.0 Å². The van der Waals surface area contributed by atoms with E-state index in [4.69, 9.17) is 0 Å². The fraction of sp³-hybridized carbons (Fsp3) is 0.250. The topological polar surface area (TPSA) is 54.4 Å². The predicted molar refractivity (Wildman–Crippen MR) is 91.7 cm³/mol. The number of hydrogen-bond donors (Lipinski definition) is 1. The lowest BCUT2D eigenvalue weighted by Crippen LogP contribution is -2.15. The first kappa shape index (κ1) is 17.4. The van der Waals surface area contributed by atoms with Gasteiger partial charge >= 0.3 is 0 Å². The van der Waals surface area contributed by atoms with Crippen LogP contribution in [0.15, 0.2) is 47.4 Å². The normalized spacial score (nSPS) is 12.4. The third kappa shape index (κ3) is 4.05. The van der Waals surface area contributed by atoms with Gasteiger partial charge in [-0.1, -0.05) is 18.2 Å². The number of benzene rings is 2. The monoisotopic (exact) mass is 434 g/mol. The van der Waals surface area contributed by atoms with Crippen LogP contribution in [0, 0.1) is 9.39 Å². The molecule has 1 N–H and O–H groups in total. The smallest absolute Gasteiger partial charge is 0.182 e. The van der Waals surface area contributed by atoms with Gasteiger partial charge in [-0.2, -0.15) is 0 Å². The van der Waals surface area contributed by atoms with Gasteiger partial charge in [-0.3, -0.25) is 0 Å². The molecule has 0 saturated heterocycles. The molecule has 0 fully saturated rings. The molecule has 0 unspecified atom stereocenters. The molecule has 0 aliphatic heterocycles. The van der Waals surface area contributed by atoms with Crippen molar-refractivity contribution in [2.24, 2.45) is 0 Å². The predicted octanol–water partition coefficient (Wildman–Crippen LogP) is 3.63. The van der Waals surface area contributed by atoms with E-state index in [9.17, 15) is 17.9 Å². The summed E-state index contributed by atoms with van der Waals surface area (Å²) in [5.74, 6) is -0.576. The molecule has 0 amide bonds. The second-order valence-corrected chi connectivity index (χ2v) is 8.73. The Morgan fingerprint density at radius 3 is 2.23 bits per heavy atom. The van der Waals surface area contributed by atoms with Gasteiger partial charge in [0.15, 0.2) is 9.84 Å². The lowest BCUT2D eigenvalue weighted by atomic mass is 9.99. The third-order valence-corrected chi connectivity index (χ3v) is 5.97. The zero-order valence-corrected chi connectivity index (χ0v) is 15.2. The minimum Gasteiger partial charge on any atom is -0.386 e. The van der Waals surface area contributed by atoms with Crippen molar-refractivity contribution in [3.8, 4) is 0 Å². The van der Waals surface area contributed by atoms with Gasteiger partial charge in [0.1, 0.15) is 5.82 Å². The van der Waals surface area contributed by atoms with E-state index >= 15 is 0 Å². The first-order chi connectivity index (χ1) is 10.1. The zero-order valence-electron chi connectivity index (χ0n) is 12.2. The first-order valence-electron chi connectivity index (χ1n) is 6.59. The molecule has 0 atom stereocenters. The summed E-state index contributed by atoms with van der Waals surface area (Å²) < 4.78 is 38.5. The summed E-state index contributed by atoms with van der Waals surface area (Å²) in [4.78, 5) is 0.181. The molecule has 0 aliphatic carbocycles. The molecule has 0 spiro atoms. The molecule has 6 heteroatoms. The molecule has 0 aromatic heterocycles. The molecule has 0 aliphatic rings. The zero-order chi connectivity index (χ0) is 16.5. The quantitative estimate of drug-likeness (QED) is 0.748. The molecular weight excluding hydrogens is 418 g/mol. The molecule has 0 radical (unpaired) electrons. The number of aliphatic hydroxyl groups is 1. The Balaban J connectivity index is 2.31. The summed E-state index contributed by atoms with van der Waals surface area (Å²) in [5, 5.41) is 9.89. The van der Waals surface area contributed by atoms with Gasteiger partial charge in [0.25, 0.3) is 0 Å². The van der Waals surface area contributed by atoms with Gasteiger partial charge in [-0.05, 0) is 71.8 Å². The van der Waals surface area contributed by atoms with Crippen LogP contribution in [0.3, 0.4) is 0 Å². The minimum atomic E-state index is -3.52. The molecule has 0 heterocycles. The first-order valence-corrected chi connectivity index (χ1v) is 9.32. The standard InChI is InChI=1S/C16H16FIO3S/c1-16(2,19)12-4-7-14(8-5-12)22(20,21)10-11-3-6-13(17)9-15(11)18/h3-9,19H,10H2,1-2H3. The summed E-state index contributed by atoms with van der Waals surface area (Å²) in [6, 6.07) is 10.2. The molecule has 22 heavy (non-hydrogen) atoms. The lowest BCUT2D eigenvalue weighted by molar-refractivity contribution is 0.0785. The molecule has 2 aromatic rings.